The fourth-order valence-corrected chi connectivity index (χ4v) is 2.49. The van der Waals surface area contributed by atoms with E-state index < -0.39 is 0 Å². The molecule has 0 aliphatic heterocycles. The maximum atomic E-state index is 12.4. The lowest BCUT2D eigenvalue weighted by atomic mass is 10.0. The molecular formula is C19H19N3O. The molecule has 116 valence electrons. The van der Waals surface area contributed by atoms with Gasteiger partial charge in [0.2, 0.25) is 0 Å². The maximum absolute atomic E-state index is 12.4. The van der Waals surface area contributed by atoms with Crippen molar-refractivity contribution in [2.24, 2.45) is 0 Å². The van der Waals surface area contributed by atoms with E-state index in [2.05, 4.69) is 29.3 Å². The first kappa shape index (κ1) is 15.0. The van der Waals surface area contributed by atoms with E-state index in [1.54, 1.807) is 25.2 Å². The smallest absolute Gasteiger partial charge is 0.255 e. The number of hydrogen-bond donors (Lipinski definition) is 0. The summed E-state index contributed by atoms with van der Waals surface area (Å²) in [5.74, 6) is 0.00344. The second-order valence-corrected chi connectivity index (χ2v) is 5.62. The van der Waals surface area contributed by atoms with Crippen LogP contribution in [0.5, 0.6) is 0 Å². The molecule has 1 aromatic carbocycles. The Kier molecular flexibility index (Phi) is 4.24. The molecule has 0 radical (unpaired) electrons. The summed E-state index contributed by atoms with van der Waals surface area (Å²) in [6, 6.07) is 12.1. The first-order valence-corrected chi connectivity index (χ1v) is 7.54. The Hall–Kier alpha value is -2.88. The molecule has 4 nitrogen and oxygen atoms in total. The number of fused-ring (bicyclic) bond motifs is 1. The van der Waals surface area contributed by atoms with Crippen molar-refractivity contribution in [2.75, 3.05) is 14.1 Å². The van der Waals surface area contributed by atoms with Gasteiger partial charge in [-0.05, 0) is 23.6 Å². The minimum atomic E-state index is 0.00344. The molecule has 0 unspecified atom stereocenters. The summed E-state index contributed by atoms with van der Waals surface area (Å²) in [7, 11) is 3.54. The Balaban J connectivity index is 1.93. The van der Waals surface area contributed by atoms with Gasteiger partial charge in [-0.2, -0.15) is 0 Å². The molecule has 0 aliphatic rings. The van der Waals surface area contributed by atoms with E-state index in [0.29, 0.717) is 12.0 Å². The third-order valence-corrected chi connectivity index (χ3v) is 3.70. The first-order chi connectivity index (χ1) is 11.1. The number of aromatic nitrogens is 2. The highest BCUT2D eigenvalue weighted by Crippen LogP contribution is 2.16. The normalized spacial score (nSPS) is 11.2. The predicted molar refractivity (Wildman–Crippen MR) is 92.4 cm³/mol. The van der Waals surface area contributed by atoms with Gasteiger partial charge in [0, 0.05) is 32.7 Å². The van der Waals surface area contributed by atoms with Crippen molar-refractivity contribution in [3.05, 3.63) is 77.8 Å². The van der Waals surface area contributed by atoms with Crippen molar-refractivity contribution >= 4 is 17.6 Å². The summed E-state index contributed by atoms with van der Waals surface area (Å²) in [6.07, 6.45) is 10.3. The topological polar surface area (TPSA) is 37.6 Å². The average Bonchev–Trinajstić information content (AvgIpc) is 3.01. The van der Waals surface area contributed by atoms with E-state index in [9.17, 15) is 4.79 Å². The summed E-state index contributed by atoms with van der Waals surface area (Å²) in [5, 5.41) is 0. The second-order valence-electron chi connectivity index (χ2n) is 5.62. The average molecular weight is 305 g/mol. The van der Waals surface area contributed by atoms with Crippen LogP contribution in [0.2, 0.25) is 0 Å². The van der Waals surface area contributed by atoms with E-state index in [1.165, 1.54) is 0 Å². The van der Waals surface area contributed by atoms with Crippen LogP contribution in [0.1, 0.15) is 21.5 Å². The molecule has 4 heteroatoms. The summed E-state index contributed by atoms with van der Waals surface area (Å²) in [5.41, 5.74) is 3.69. The number of pyridine rings is 1. The fourth-order valence-electron chi connectivity index (χ4n) is 2.49. The quantitative estimate of drug-likeness (QED) is 0.742. The van der Waals surface area contributed by atoms with Gasteiger partial charge >= 0.3 is 0 Å². The third-order valence-electron chi connectivity index (χ3n) is 3.70. The summed E-state index contributed by atoms with van der Waals surface area (Å²) in [4.78, 5) is 18.3. The van der Waals surface area contributed by atoms with E-state index in [1.807, 2.05) is 41.1 Å². The molecule has 0 aliphatic carbocycles. The molecule has 0 saturated carbocycles. The van der Waals surface area contributed by atoms with Crippen LogP contribution in [0.25, 0.3) is 11.7 Å². The molecule has 23 heavy (non-hydrogen) atoms. The monoisotopic (exact) mass is 305 g/mol. The largest absolute Gasteiger partial charge is 0.345 e. The molecule has 2 heterocycles. The number of nitrogens with zero attached hydrogens (tertiary/aromatic N) is 3. The number of carbonyl (C=O) groups excluding carboxylic acids is 1. The SMILES string of the molecule is CN(C)C(=O)c1cn2ccnc2cc1CC=Cc1ccccc1. The number of imidazole rings is 1. The lowest BCUT2D eigenvalue weighted by Gasteiger charge is -2.14. The Labute approximate surface area is 135 Å². The molecule has 1 amide bonds. The maximum Gasteiger partial charge on any atom is 0.255 e. The van der Waals surface area contributed by atoms with Gasteiger partial charge < -0.3 is 9.30 Å². The molecule has 0 N–H and O–H groups in total. The lowest BCUT2D eigenvalue weighted by molar-refractivity contribution is 0.0826. The second kappa shape index (κ2) is 6.48. The van der Waals surface area contributed by atoms with Gasteiger partial charge in [-0.15, -0.1) is 0 Å². The first-order valence-electron chi connectivity index (χ1n) is 7.54. The van der Waals surface area contributed by atoms with Crippen LogP contribution in [-0.4, -0.2) is 34.3 Å². The highest BCUT2D eigenvalue weighted by Gasteiger charge is 2.14. The van der Waals surface area contributed by atoms with Crippen LogP contribution in [0.3, 0.4) is 0 Å². The molecule has 3 aromatic rings. The highest BCUT2D eigenvalue weighted by molar-refractivity contribution is 5.95. The van der Waals surface area contributed by atoms with Gasteiger partial charge in [-0.3, -0.25) is 4.79 Å². The van der Waals surface area contributed by atoms with Crippen LogP contribution in [0.15, 0.2) is 61.1 Å². The van der Waals surface area contributed by atoms with E-state index in [-0.39, 0.29) is 5.91 Å². The van der Waals surface area contributed by atoms with E-state index >= 15 is 0 Å². The molecule has 3 rings (SSSR count). The molecule has 0 saturated heterocycles. The van der Waals surface area contributed by atoms with Gasteiger partial charge in [-0.1, -0.05) is 42.5 Å². The number of amides is 1. The van der Waals surface area contributed by atoms with E-state index in [4.69, 9.17) is 0 Å². The van der Waals surface area contributed by atoms with Crippen LogP contribution in [0, 0.1) is 0 Å². The zero-order chi connectivity index (χ0) is 16.2. The van der Waals surface area contributed by atoms with Crippen LogP contribution in [-0.2, 0) is 6.42 Å². The molecule has 0 spiro atoms. The van der Waals surface area contributed by atoms with E-state index in [0.717, 1.165) is 16.8 Å². The molecule has 0 atom stereocenters. The van der Waals surface area contributed by atoms with Crippen molar-refractivity contribution in [3.63, 3.8) is 0 Å². The Morgan fingerprint density at radius 2 is 2.04 bits per heavy atom. The van der Waals surface area contributed by atoms with Crippen LogP contribution in [0.4, 0.5) is 0 Å². The lowest BCUT2D eigenvalue weighted by Crippen LogP contribution is -2.23. The summed E-state index contributed by atoms with van der Waals surface area (Å²) in [6.45, 7) is 0. The number of allylic oxidation sites excluding steroid dienone is 1. The summed E-state index contributed by atoms with van der Waals surface area (Å²) >= 11 is 0. The predicted octanol–water partition coefficient (Wildman–Crippen LogP) is 3.29. The Morgan fingerprint density at radius 3 is 2.78 bits per heavy atom. The van der Waals surface area contributed by atoms with Gasteiger partial charge in [0.25, 0.3) is 5.91 Å². The number of carbonyl (C=O) groups is 1. The molecule has 0 bridgehead atoms. The highest BCUT2D eigenvalue weighted by atomic mass is 16.2. The number of benzene rings is 1. The van der Waals surface area contributed by atoms with Gasteiger partial charge in [0.1, 0.15) is 5.65 Å². The van der Waals surface area contributed by atoms with Crippen molar-refractivity contribution in [1.82, 2.24) is 14.3 Å². The number of hydrogen-bond acceptors (Lipinski definition) is 2. The van der Waals surface area contributed by atoms with Crippen molar-refractivity contribution < 1.29 is 4.79 Å². The van der Waals surface area contributed by atoms with Crippen LogP contribution < -0.4 is 0 Å². The van der Waals surface area contributed by atoms with Gasteiger partial charge in [-0.25, -0.2) is 4.98 Å². The summed E-state index contributed by atoms with van der Waals surface area (Å²) < 4.78 is 1.88. The molecule has 0 fully saturated rings. The van der Waals surface area contributed by atoms with Crippen LogP contribution >= 0.6 is 0 Å². The number of rotatable bonds is 4. The minimum absolute atomic E-state index is 0.00344. The zero-order valence-electron chi connectivity index (χ0n) is 13.3. The van der Waals surface area contributed by atoms with Gasteiger partial charge in [0.05, 0.1) is 5.56 Å². The third kappa shape index (κ3) is 3.31. The van der Waals surface area contributed by atoms with Crippen molar-refractivity contribution in [3.8, 4) is 0 Å². The Bertz CT molecular complexity index is 847. The minimum Gasteiger partial charge on any atom is -0.345 e. The standard InChI is InChI=1S/C19H19N3O/c1-21(2)19(23)17-14-22-12-11-20-18(22)13-16(17)10-6-9-15-7-4-3-5-8-15/h3-9,11-14H,10H2,1-2H3. The van der Waals surface area contributed by atoms with Gasteiger partial charge in [0.15, 0.2) is 0 Å². The Morgan fingerprint density at radius 1 is 1.26 bits per heavy atom. The fraction of sp³-hybridized carbons (Fsp3) is 0.158. The van der Waals surface area contributed by atoms with Crippen molar-refractivity contribution in [1.29, 1.82) is 0 Å². The molecular weight excluding hydrogens is 286 g/mol. The molecule has 2 aromatic heterocycles. The van der Waals surface area contributed by atoms with Crippen molar-refractivity contribution in [2.45, 2.75) is 6.42 Å². The zero-order valence-corrected chi connectivity index (χ0v) is 13.3.